The second-order valence-corrected chi connectivity index (χ2v) is 5.31. The van der Waals surface area contributed by atoms with E-state index in [0.717, 1.165) is 17.8 Å². The van der Waals surface area contributed by atoms with Crippen molar-refractivity contribution in [3.63, 3.8) is 0 Å². The van der Waals surface area contributed by atoms with Gasteiger partial charge in [-0.25, -0.2) is 9.37 Å². The lowest BCUT2D eigenvalue weighted by atomic mass is 10.1. The van der Waals surface area contributed by atoms with Crippen LogP contribution < -0.4 is 0 Å². The second-order valence-electron chi connectivity index (χ2n) is 4.46. The summed E-state index contributed by atoms with van der Waals surface area (Å²) in [5, 5.41) is 12.1. The largest absolute Gasteiger partial charge is 0.395 e. The molecule has 1 N–H and O–H groups in total. The van der Waals surface area contributed by atoms with Crippen LogP contribution in [0.3, 0.4) is 0 Å². The molecule has 17 heavy (non-hydrogen) atoms. The molecule has 0 aliphatic heterocycles. The smallest absolute Gasteiger partial charge is 0.132 e. The summed E-state index contributed by atoms with van der Waals surface area (Å²) in [5.41, 5.74) is 1.07. The van der Waals surface area contributed by atoms with Gasteiger partial charge >= 0.3 is 0 Å². The summed E-state index contributed by atoms with van der Waals surface area (Å²) in [5.74, 6) is -0.252. The first kappa shape index (κ1) is 10.9. The molecule has 1 aliphatic rings. The minimum atomic E-state index is -0.252. The summed E-state index contributed by atoms with van der Waals surface area (Å²) in [6, 6.07) is 6.64. The van der Waals surface area contributed by atoms with Gasteiger partial charge in [0.05, 0.1) is 12.3 Å². The fourth-order valence-electron chi connectivity index (χ4n) is 1.90. The summed E-state index contributed by atoms with van der Waals surface area (Å²) < 4.78 is 13.6. The maximum Gasteiger partial charge on any atom is 0.132 e. The normalized spacial score (nSPS) is 17.1. The van der Waals surface area contributed by atoms with Crippen molar-refractivity contribution in [3.05, 3.63) is 40.5 Å². The van der Waals surface area contributed by atoms with Crippen LogP contribution in [-0.2, 0) is 5.41 Å². The van der Waals surface area contributed by atoms with Gasteiger partial charge in [0.2, 0.25) is 0 Å². The van der Waals surface area contributed by atoms with Gasteiger partial charge < -0.3 is 5.11 Å². The first-order chi connectivity index (χ1) is 8.25. The van der Waals surface area contributed by atoms with Crippen molar-refractivity contribution in [2.24, 2.45) is 0 Å². The number of hydrogen-bond acceptors (Lipinski definition) is 3. The van der Waals surface area contributed by atoms with Gasteiger partial charge in [0.25, 0.3) is 0 Å². The Morgan fingerprint density at radius 3 is 2.76 bits per heavy atom. The number of aliphatic hydroxyl groups excluding tert-OH is 1. The molecule has 2 nitrogen and oxygen atoms in total. The van der Waals surface area contributed by atoms with Crippen molar-refractivity contribution in [2.45, 2.75) is 18.3 Å². The Morgan fingerprint density at radius 2 is 2.12 bits per heavy atom. The molecule has 0 spiro atoms. The van der Waals surface area contributed by atoms with Crippen LogP contribution in [0.5, 0.6) is 0 Å². The van der Waals surface area contributed by atoms with E-state index < -0.39 is 0 Å². The van der Waals surface area contributed by atoms with Crippen LogP contribution in [0.2, 0.25) is 0 Å². The van der Waals surface area contributed by atoms with Crippen molar-refractivity contribution in [1.82, 2.24) is 4.98 Å². The first-order valence-corrected chi connectivity index (χ1v) is 6.45. The van der Waals surface area contributed by atoms with Gasteiger partial charge in [0, 0.05) is 16.4 Å². The van der Waals surface area contributed by atoms with Crippen molar-refractivity contribution in [3.8, 4) is 11.3 Å². The SMILES string of the molecule is OCC1(c2nc(-c3ccccc3F)cs2)CC1. The van der Waals surface area contributed by atoms with E-state index in [0.29, 0.717) is 11.3 Å². The molecular formula is C13H12FNOS. The van der Waals surface area contributed by atoms with Gasteiger partial charge in [-0.3, -0.25) is 0 Å². The van der Waals surface area contributed by atoms with E-state index >= 15 is 0 Å². The Hall–Kier alpha value is -1.26. The molecule has 0 unspecified atom stereocenters. The summed E-state index contributed by atoms with van der Waals surface area (Å²) in [6.07, 6.45) is 1.96. The summed E-state index contributed by atoms with van der Waals surface area (Å²) >= 11 is 1.51. The van der Waals surface area contributed by atoms with Gasteiger partial charge in [0.1, 0.15) is 10.8 Å². The topological polar surface area (TPSA) is 33.1 Å². The Kier molecular flexibility index (Phi) is 2.49. The van der Waals surface area contributed by atoms with Gasteiger partial charge in [-0.2, -0.15) is 0 Å². The highest BCUT2D eigenvalue weighted by Gasteiger charge is 2.46. The van der Waals surface area contributed by atoms with E-state index in [-0.39, 0.29) is 17.8 Å². The number of halogens is 1. The zero-order valence-corrected chi connectivity index (χ0v) is 10.0. The van der Waals surface area contributed by atoms with E-state index in [1.165, 1.54) is 17.4 Å². The second kappa shape index (κ2) is 3.89. The van der Waals surface area contributed by atoms with Crippen LogP contribution in [0.1, 0.15) is 17.8 Å². The van der Waals surface area contributed by atoms with E-state index in [4.69, 9.17) is 0 Å². The molecule has 0 bridgehead atoms. The molecule has 1 heterocycles. The Labute approximate surface area is 103 Å². The summed E-state index contributed by atoms with van der Waals surface area (Å²) in [6.45, 7) is 0.136. The number of rotatable bonds is 3. The predicted molar refractivity (Wildman–Crippen MR) is 65.5 cm³/mol. The monoisotopic (exact) mass is 249 g/mol. The molecule has 0 saturated heterocycles. The highest BCUT2D eigenvalue weighted by molar-refractivity contribution is 7.10. The van der Waals surface area contributed by atoms with Gasteiger partial charge in [-0.05, 0) is 25.0 Å². The fourth-order valence-corrected chi connectivity index (χ4v) is 2.97. The number of aromatic nitrogens is 1. The number of benzene rings is 1. The van der Waals surface area contributed by atoms with Crippen LogP contribution in [0, 0.1) is 5.82 Å². The van der Waals surface area contributed by atoms with Crippen molar-refractivity contribution < 1.29 is 9.50 Å². The molecule has 1 aromatic carbocycles. The van der Waals surface area contributed by atoms with Crippen LogP contribution in [0.25, 0.3) is 11.3 Å². The molecule has 88 valence electrons. The van der Waals surface area contributed by atoms with E-state index in [9.17, 15) is 9.50 Å². The predicted octanol–water partition coefficient (Wildman–Crippen LogP) is 2.97. The molecule has 4 heteroatoms. The average Bonchev–Trinajstić information content (AvgIpc) is 3.00. The molecule has 1 saturated carbocycles. The molecule has 0 amide bonds. The van der Waals surface area contributed by atoms with Crippen molar-refractivity contribution >= 4 is 11.3 Å². The maximum absolute atomic E-state index is 13.6. The lowest BCUT2D eigenvalue weighted by Gasteiger charge is -2.06. The third kappa shape index (κ3) is 1.77. The van der Waals surface area contributed by atoms with E-state index in [1.54, 1.807) is 18.2 Å². The maximum atomic E-state index is 13.6. The lowest BCUT2D eigenvalue weighted by molar-refractivity contribution is 0.255. The molecule has 1 aliphatic carbocycles. The molecule has 3 rings (SSSR count). The quantitative estimate of drug-likeness (QED) is 0.907. The Morgan fingerprint density at radius 1 is 1.35 bits per heavy atom. The minimum Gasteiger partial charge on any atom is -0.395 e. The van der Waals surface area contributed by atoms with E-state index in [2.05, 4.69) is 4.98 Å². The highest BCUT2D eigenvalue weighted by atomic mass is 32.1. The highest BCUT2D eigenvalue weighted by Crippen LogP contribution is 2.49. The molecule has 0 radical (unpaired) electrons. The molecule has 1 aromatic heterocycles. The van der Waals surface area contributed by atoms with Gasteiger partial charge in [-0.15, -0.1) is 11.3 Å². The Balaban J connectivity index is 1.99. The molecular weight excluding hydrogens is 237 g/mol. The fraction of sp³-hybridized carbons (Fsp3) is 0.308. The van der Waals surface area contributed by atoms with Gasteiger partial charge in [-0.1, -0.05) is 12.1 Å². The summed E-state index contributed by atoms with van der Waals surface area (Å²) in [7, 11) is 0. The number of aliphatic hydroxyl groups is 1. The first-order valence-electron chi connectivity index (χ1n) is 5.57. The number of hydrogen-bond donors (Lipinski definition) is 1. The number of thiazole rings is 1. The average molecular weight is 249 g/mol. The number of nitrogens with zero attached hydrogens (tertiary/aromatic N) is 1. The molecule has 1 fully saturated rings. The van der Waals surface area contributed by atoms with Crippen LogP contribution in [0.4, 0.5) is 4.39 Å². The third-order valence-electron chi connectivity index (χ3n) is 3.26. The zero-order valence-electron chi connectivity index (χ0n) is 9.19. The van der Waals surface area contributed by atoms with E-state index in [1.807, 2.05) is 5.38 Å². The van der Waals surface area contributed by atoms with Crippen molar-refractivity contribution in [2.75, 3.05) is 6.61 Å². The Bertz CT molecular complexity index is 548. The van der Waals surface area contributed by atoms with Gasteiger partial charge in [0.15, 0.2) is 0 Å². The zero-order chi connectivity index (χ0) is 11.9. The standard InChI is InChI=1S/C13H12FNOS/c14-10-4-2-1-3-9(10)11-7-17-12(15-11)13(8-16)5-6-13/h1-4,7,16H,5-6,8H2. The van der Waals surface area contributed by atoms with Crippen molar-refractivity contribution in [1.29, 1.82) is 0 Å². The van der Waals surface area contributed by atoms with Crippen LogP contribution >= 0.6 is 11.3 Å². The minimum absolute atomic E-state index is 0.131. The summed E-state index contributed by atoms with van der Waals surface area (Å²) in [4.78, 5) is 4.46. The van der Waals surface area contributed by atoms with Crippen LogP contribution in [0.15, 0.2) is 29.6 Å². The molecule has 0 atom stereocenters. The molecule has 2 aromatic rings. The lowest BCUT2D eigenvalue weighted by Crippen LogP contribution is -2.11. The third-order valence-corrected chi connectivity index (χ3v) is 4.35. The van der Waals surface area contributed by atoms with Crippen LogP contribution in [-0.4, -0.2) is 16.7 Å².